The lowest BCUT2D eigenvalue weighted by molar-refractivity contribution is -0.123. The van der Waals surface area contributed by atoms with Gasteiger partial charge in [-0.3, -0.25) is 14.3 Å². The number of rotatable bonds is 11. The Morgan fingerprint density at radius 2 is 1.97 bits per heavy atom. The third-order valence-electron chi connectivity index (χ3n) is 4.53. The first-order chi connectivity index (χ1) is 15.6. The molecule has 0 fully saturated rings. The molecule has 1 heterocycles. The molecule has 3 rings (SSSR count). The highest BCUT2D eigenvalue weighted by Gasteiger charge is 2.09. The Labute approximate surface area is 186 Å². The molecule has 0 radical (unpaired) electrons. The number of aromatic nitrogens is 2. The first kappa shape index (κ1) is 22.6. The number of hydrogen-bond donors (Lipinski definition) is 2. The Bertz CT molecular complexity index is 1060. The minimum Gasteiger partial charge on any atom is -0.493 e. The zero-order valence-electron chi connectivity index (χ0n) is 17.9. The van der Waals surface area contributed by atoms with Gasteiger partial charge in [0.2, 0.25) is 5.91 Å². The maximum atomic E-state index is 12.2. The summed E-state index contributed by atoms with van der Waals surface area (Å²) in [6.45, 7) is 4.02. The summed E-state index contributed by atoms with van der Waals surface area (Å²) in [7, 11) is 1.56. The van der Waals surface area contributed by atoms with Crippen molar-refractivity contribution in [1.29, 1.82) is 0 Å². The Balaban J connectivity index is 1.48. The van der Waals surface area contributed by atoms with E-state index < -0.39 is 0 Å². The number of carbonyl (C=O) groups is 2. The fraction of sp³-hybridized carbons (Fsp3) is 0.208. The van der Waals surface area contributed by atoms with Gasteiger partial charge in [-0.25, -0.2) is 0 Å². The van der Waals surface area contributed by atoms with Crippen molar-refractivity contribution in [2.45, 2.75) is 19.5 Å². The summed E-state index contributed by atoms with van der Waals surface area (Å²) in [4.78, 5) is 24.3. The zero-order valence-corrected chi connectivity index (χ0v) is 17.9. The van der Waals surface area contributed by atoms with E-state index in [9.17, 15) is 9.59 Å². The van der Waals surface area contributed by atoms with Crippen molar-refractivity contribution in [3.05, 3.63) is 84.7 Å². The average Bonchev–Trinajstić information content (AvgIpc) is 3.30. The SMILES string of the molecule is C=CCc1ccc(OCC(=O)NCc2cccc(NC(=O)Cn3cccn3)c2)c(OC)c1. The molecule has 8 nitrogen and oxygen atoms in total. The van der Waals surface area contributed by atoms with Gasteiger partial charge in [-0.05, 0) is 47.9 Å². The normalized spacial score (nSPS) is 10.3. The molecule has 2 amide bonds. The average molecular weight is 434 g/mol. The van der Waals surface area contributed by atoms with Crippen LogP contribution in [0.25, 0.3) is 0 Å². The molecular formula is C24H26N4O4. The minimum atomic E-state index is -0.268. The van der Waals surface area contributed by atoms with Gasteiger partial charge in [-0.1, -0.05) is 24.3 Å². The van der Waals surface area contributed by atoms with Crippen LogP contribution in [0.3, 0.4) is 0 Å². The van der Waals surface area contributed by atoms with Gasteiger partial charge in [0.25, 0.3) is 5.91 Å². The number of hydrogen-bond acceptors (Lipinski definition) is 5. The smallest absolute Gasteiger partial charge is 0.258 e. The Hall–Kier alpha value is -4.07. The second-order valence-electron chi connectivity index (χ2n) is 7.00. The van der Waals surface area contributed by atoms with Gasteiger partial charge in [0, 0.05) is 24.6 Å². The Morgan fingerprint density at radius 3 is 2.72 bits per heavy atom. The maximum Gasteiger partial charge on any atom is 0.258 e. The number of nitrogens with zero attached hydrogens (tertiary/aromatic N) is 2. The van der Waals surface area contributed by atoms with Crippen LogP contribution < -0.4 is 20.1 Å². The van der Waals surface area contributed by atoms with Crippen LogP contribution in [0.2, 0.25) is 0 Å². The first-order valence-electron chi connectivity index (χ1n) is 10.1. The van der Waals surface area contributed by atoms with E-state index in [0.717, 1.165) is 17.5 Å². The molecule has 0 atom stereocenters. The number of benzene rings is 2. The fourth-order valence-corrected chi connectivity index (χ4v) is 3.02. The van der Waals surface area contributed by atoms with Gasteiger partial charge in [-0.15, -0.1) is 6.58 Å². The molecule has 2 N–H and O–H groups in total. The van der Waals surface area contributed by atoms with E-state index in [1.54, 1.807) is 42.4 Å². The number of ether oxygens (including phenoxy) is 2. The lowest BCUT2D eigenvalue weighted by Crippen LogP contribution is -2.28. The highest BCUT2D eigenvalue weighted by Crippen LogP contribution is 2.28. The van der Waals surface area contributed by atoms with Crippen LogP contribution in [0, 0.1) is 0 Å². The molecule has 8 heteroatoms. The zero-order chi connectivity index (χ0) is 22.8. The van der Waals surface area contributed by atoms with Crippen molar-refractivity contribution in [2.24, 2.45) is 0 Å². The number of anilines is 1. The van der Waals surface area contributed by atoms with Gasteiger partial charge in [-0.2, -0.15) is 5.10 Å². The van der Waals surface area contributed by atoms with Crippen LogP contribution >= 0.6 is 0 Å². The lowest BCUT2D eigenvalue weighted by Gasteiger charge is -2.12. The summed E-state index contributed by atoms with van der Waals surface area (Å²) >= 11 is 0. The van der Waals surface area contributed by atoms with Crippen LogP contribution in [0.4, 0.5) is 5.69 Å². The van der Waals surface area contributed by atoms with Crippen LogP contribution in [0.5, 0.6) is 11.5 Å². The van der Waals surface area contributed by atoms with E-state index in [1.807, 2.05) is 36.4 Å². The monoisotopic (exact) mass is 434 g/mol. The third kappa shape index (κ3) is 6.73. The number of methoxy groups -OCH3 is 1. The molecule has 166 valence electrons. The van der Waals surface area contributed by atoms with Crippen molar-refractivity contribution >= 4 is 17.5 Å². The van der Waals surface area contributed by atoms with E-state index in [0.29, 0.717) is 23.7 Å². The molecule has 0 unspecified atom stereocenters. The minimum absolute atomic E-state index is 0.128. The molecule has 0 aliphatic rings. The predicted octanol–water partition coefficient (Wildman–Crippen LogP) is 2.95. The standard InChI is InChI=1S/C24H26N4O4/c1-3-6-18-9-10-21(22(14-18)31-2)32-17-24(30)25-15-19-7-4-8-20(13-19)27-23(29)16-28-12-5-11-26-28/h3-5,7-14H,1,6,15-17H2,2H3,(H,25,30)(H,27,29). The highest BCUT2D eigenvalue weighted by atomic mass is 16.5. The first-order valence-corrected chi connectivity index (χ1v) is 10.1. The quantitative estimate of drug-likeness (QED) is 0.453. The molecule has 0 saturated heterocycles. The Kier molecular flexibility index (Phi) is 8.02. The number of nitrogens with one attached hydrogen (secondary N) is 2. The third-order valence-corrected chi connectivity index (χ3v) is 4.53. The molecule has 0 aliphatic carbocycles. The summed E-state index contributed by atoms with van der Waals surface area (Å²) in [6, 6.07) is 14.6. The molecule has 2 aromatic carbocycles. The largest absolute Gasteiger partial charge is 0.493 e. The van der Waals surface area contributed by atoms with E-state index >= 15 is 0 Å². The van der Waals surface area contributed by atoms with E-state index in [4.69, 9.17) is 9.47 Å². The van der Waals surface area contributed by atoms with Crippen LogP contribution in [-0.4, -0.2) is 35.3 Å². The summed E-state index contributed by atoms with van der Waals surface area (Å²) in [6.07, 6.45) is 5.87. The van der Waals surface area contributed by atoms with Gasteiger partial charge < -0.3 is 20.1 Å². The molecule has 1 aromatic heterocycles. The Morgan fingerprint density at radius 1 is 1.09 bits per heavy atom. The van der Waals surface area contributed by atoms with Crippen LogP contribution in [0.1, 0.15) is 11.1 Å². The summed E-state index contributed by atoms with van der Waals surface area (Å²) in [5.41, 5.74) is 2.54. The topological polar surface area (TPSA) is 94.5 Å². The van der Waals surface area contributed by atoms with Gasteiger partial charge in [0.1, 0.15) is 6.54 Å². The molecule has 0 saturated carbocycles. The second kappa shape index (κ2) is 11.4. The second-order valence-corrected chi connectivity index (χ2v) is 7.00. The van der Waals surface area contributed by atoms with Crippen LogP contribution in [0.15, 0.2) is 73.6 Å². The molecule has 3 aromatic rings. The molecule has 0 aliphatic heterocycles. The predicted molar refractivity (Wildman–Crippen MR) is 122 cm³/mol. The summed E-state index contributed by atoms with van der Waals surface area (Å²) < 4.78 is 12.5. The van der Waals surface area contributed by atoms with Crippen LogP contribution in [-0.2, 0) is 29.1 Å². The number of amides is 2. The molecule has 32 heavy (non-hydrogen) atoms. The molecule has 0 bridgehead atoms. The van der Waals surface area contributed by atoms with Gasteiger partial charge in [0.05, 0.1) is 7.11 Å². The number of carbonyl (C=O) groups excluding carboxylic acids is 2. The lowest BCUT2D eigenvalue weighted by atomic mass is 10.1. The van der Waals surface area contributed by atoms with Crippen molar-refractivity contribution in [1.82, 2.24) is 15.1 Å². The molecule has 0 spiro atoms. The maximum absolute atomic E-state index is 12.2. The summed E-state index contributed by atoms with van der Waals surface area (Å²) in [5, 5.41) is 9.65. The summed E-state index contributed by atoms with van der Waals surface area (Å²) in [5.74, 6) is 0.611. The van der Waals surface area contributed by atoms with E-state index in [-0.39, 0.29) is 25.0 Å². The van der Waals surface area contributed by atoms with E-state index in [1.165, 1.54) is 0 Å². The number of allylic oxidation sites excluding steroid dienone is 1. The van der Waals surface area contributed by atoms with Crippen molar-refractivity contribution in [3.63, 3.8) is 0 Å². The van der Waals surface area contributed by atoms with Crippen molar-refractivity contribution in [3.8, 4) is 11.5 Å². The van der Waals surface area contributed by atoms with Crippen molar-refractivity contribution < 1.29 is 19.1 Å². The van der Waals surface area contributed by atoms with E-state index in [2.05, 4.69) is 22.3 Å². The van der Waals surface area contributed by atoms with Gasteiger partial charge >= 0.3 is 0 Å². The van der Waals surface area contributed by atoms with Crippen molar-refractivity contribution in [2.75, 3.05) is 19.0 Å². The van der Waals surface area contributed by atoms with Gasteiger partial charge in [0.15, 0.2) is 18.1 Å². The molecular weight excluding hydrogens is 408 g/mol. The highest BCUT2D eigenvalue weighted by molar-refractivity contribution is 5.90. The fourth-order valence-electron chi connectivity index (χ4n) is 3.02.